The molecule has 3 heteroatoms. The lowest BCUT2D eigenvalue weighted by Gasteiger charge is -2.39. The largest absolute Gasteiger partial charge is 0.507 e. The lowest BCUT2D eigenvalue weighted by atomic mass is 9.65. The Balaban J connectivity index is 2.04. The van der Waals surface area contributed by atoms with E-state index in [2.05, 4.69) is 71.9 Å². The minimum atomic E-state index is 0.0883. The molecule has 1 N–H and O–H groups in total. The molecule has 0 aromatic heterocycles. The molecule has 0 fully saturated rings. The molecule has 2 aromatic carbocycles. The number of phenols is 1. The quantitative estimate of drug-likeness (QED) is 0.528. The second-order valence-corrected chi connectivity index (χ2v) is 9.44. The summed E-state index contributed by atoms with van der Waals surface area (Å²) >= 11 is 0. The highest BCUT2D eigenvalue weighted by Crippen LogP contribution is 2.41. The van der Waals surface area contributed by atoms with Crippen molar-refractivity contribution in [3.05, 3.63) is 58.7 Å². The number of hydrogen-bond acceptors (Lipinski definition) is 3. The monoisotopic (exact) mass is 398 g/mol. The van der Waals surface area contributed by atoms with E-state index in [4.69, 9.17) is 9.47 Å². The van der Waals surface area contributed by atoms with Crippen molar-refractivity contribution in [2.45, 2.75) is 72.8 Å². The smallest absolute Gasteiger partial charge is 0.124 e. The van der Waals surface area contributed by atoms with Gasteiger partial charge in [0.25, 0.3) is 0 Å². The van der Waals surface area contributed by atoms with Gasteiger partial charge >= 0.3 is 0 Å². The molecule has 0 amide bonds. The van der Waals surface area contributed by atoms with Crippen LogP contribution < -0.4 is 4.74 Å². The van der Waals surface area contributed by atoms with Gasteiger partial charge in [-0.1, -0.05) is 66.2 Å². The number of benzene rings is 2. The molecule has 0 aliphatic heterocycles. The van der Waals surface area contributed by atoms with E-state index in [1.807, 2.05) is 6.07 Å². The SMILES string of the molecule is CCCc1cc(CCOc2ccc(C(C)(C)C(C)(C)C)cc2)cc(COC)c1O. The number of ether oxygens (including phenoxy) is 2. The van der Waals surface area contributed by atoms with Gasteiger partial charge < -0.3 is 14.6 Å². The number of rotatable bonds is 9. The summed E-state index contributed by atoms with van der Waals surface area (Å²) in [5, 5.41) is 10.4. The normalized spacial score (nSPS) is 12.2. The maximum absolute atomic E-state index is 10.4. The summed E-state index contributed by atoms with van der Waals surface area (Å²) in [6, 6.07) is 12.6. The van der Waals surface area contributed by atoms with Crippen LogP contribution in [0.1, 0.15) is 70.2 Å². The van der Waals surface area contributed by atoms with Gasteiger partial charge in [0.05, 0.1) is 13.2 Å². The van der Waals surface area contributed by atoms with Crippen LogP contribution in [0.4, 0.5) is 0 Å². The molecule has 0 atom stereocenters. The zero-order valence-corrected chi connectivity index (χ0v) is 19.3. The average Bonchev–Trinajstić information content (AvgIpc) is 2.65. The summed E-state index contributed by atoms with van der Waals surface area (Å²) in [5.41, 5.74) is 4.61. The van der Waals surface area contributed by atoms with E-state index < -0.39 is 0 Å². The molecule has 0 saturated carbocycles. The van der Waals surface area contributed by atoms with Gasteiger partial charge in [0.2, 0.25) is 0 Å². The van der Waals surface area contributed by atoms with Crippen LogP contribution in [-0.4, -0.2) is 18.8 Å². The predicted molar refractivity (Wildman–Crippen MR) is 121 cm³/mol. The first-order valence-corrected chi connectivity index (χ1v) is 10.7. The van der Waals surface area contributed by atoms with E-state index >= 15 is 0 Å². The number of aromatic hydroxyl groups is 1. The maximum Gasteiger partial charge on any atom is 0.124 e. The van der Waals surface area contributed by atoms with Crippen molar-refractivity contribution in [3.8, 4) is 11.5 Å². The summed E-state index contributed by atoms with van der Waals surface area (Å²) < 4.78 is 11.2. The van der Waals surface area contributed by atoms with Gasteiger partial charge in [-0.25, -0.2) is 0 Å². The van der Waals surface area contributed by atoms with Gasteiger partial charge in [0.15, 0.2) is 0 Å². The van der Waals surface area contributed by atoms with Crippen LogP contribution in [0.2, 0.25) is 0 Å². The first kappa shape index (κ1) is 23.3. The molecule has 0 saturated heterocycles. The molecule has 0 aliphatic carbocycles. The summed E-state index contributed by atoms with van der Waals surface area (Å²) in [6.07, 6.45) is 2.66. The highest BCUT2D eigenvalue weighted by Gasteiger charge is 2.34. The van der Waals surface area contributed by atoms with Crippen LogP contribution in [0.5, 0.6) is 11.5 Å². The van der Waals surface area contributed by atoms with Gasteiger partial charge in [-0.3, -0.25) is 0 Å². The molecular weight excluding hydrogens is 360 g/mol. The van der Waals surface area contributed by atoms with Crippen LogP contribution in [0.15, 0.2) is 36.4 Å². The highest BCUT2D eigenvalue weighted by molar-refractivity contribution is 5.44. The summed E-state index contributed by atoms with van der Waals surface area (Å²) in [6.45, 7) is 14.6. The summed E-state index contributed by atoms with van der Waals surface area (Å²) in [7, 11) is 1.65. The Labute approximate surface area is 177 Å². The summed E-state index contributed by atoms with van der Waals surface area (Å²) in [4.78, 5) is 0. The van der Waals surface area contributed by atoms with E-state index in [9.17, 15) is 5.11 Å². The molecule has 2 rings (SSSR count). The molecule has 2 aromatic rings. The molecule has 0 unspecified atom stereocenters. The first-order chi connectivity index (χ1) is 13.6. The van der Waals surface area contributed by atoms with Crippen LogP contribution in [0.25, 0.3) is 0 Å². The lowest BCUT2D eigenvalue weighted by Crippen LogP contribution is -2.33. The van der Waals surface area contributed by atoms with Crippen molar-refractivity contribution in [2.24, 2.45) is 5.41 Å². The van der Waals surface area contributed by atoms with Crippen LogP contribution in [-0.2, 0) is 29.6 Å². The minimum absolute atomic E-state index is 0.0883. The van der Waals surface area contributed by atoms with E-state index in [1.54, 1.807) is 7.11 Å². The van der Waals surface area contributed by atoms with Crippen molar-refractivity contribution in [3.63, 3.8) is 0 Å². The topological polar surface area (TPSA) is 38.7 Å². The highest BCUT2D eigenvalue weighted by atomic mass is 16.5. The molecule has 160 valence electrons. The van der Waals surface area contributed by atoms with E-state index in [-0.39, 0.29) is 10.8 Å². The fourth-order valence-electron chi connectivity index (χ4n) is 3.39. The molecule has 0 bridgehead atoms. The van der Waals surface area contributed by atoms with Gasteiger partial charge in [-0.15, -0.1) is 0 Å². The Bertz CT molecular complexity index is 756. The second-order valence-electron chi connectivity index (χ2n) is 9.44. The van der Waals surface area contributed by atoms with E-state index in [0.29, 0.717) is 19.0 Å². The van der Waals surface area contributed by atoms with E-state index in [0.717, 1.165) is 36.1 Å². The number of hydrogen-bond donors (Lipinski definition) is 1. The lowest BCUT2D eigenvalue weighted by molar-refractivity contribution is 0.181. The zero-order chi connectivity index (χ0) is 21.7. The van der Waals surface area contributed by atoms with Crippen LogP contribution in [0, 0.1) is 5.41 Å². The van der Waals surface area contributed by atoms with Crippen molar-refractivity contribution in [1.29, 1.82) is 0 Å². The average molecular weight is 399 g/mol. The standard InChI is InChI=1S/C26H38O3/c1-8-9-20-16-19(17-21(18-28-7)24(20)27)14-15-29-23-12-10-22(11-13-23)26(5,6)25(2,3)4/h10-13,16-17,27H,8-9,14-15,18H2,1-7H3. The van der Waals surface area contributed by atoms with Crippen molar-refractivity contribution >= 4 is 0 Å². The molecule has 3 nitrogen and oxygen atoms in total. The van der Waals surface area contributed by atoms with Crippen LogP contribution >= 0.6 is 0 Å². The molecule has 0 heterocycles. The molecular formula is C26H38O3. The predicted octanol–water partition coefficient (Wildman–Crippen LogP) is 6.44. The number of methoxy groups -OCH3 is 1. The number of phenolic OH excluding ortho intramolecular Hbond substituents is 1. The third-order valence-corrected chi connectivity index (χ3v) is 6.26. The third kappa shape index (κ3) is 5.76. The van der Waals surface area contributed by atoms with Crippen molar-refractivity contribution < 1.29 is 14.6 Å². The number of aryl methyl sites for hydroxylation is 1. The Morgan fingerprint density at radius 2 is 1.52 bits per heavy atom. The van der Waals surface area contributed by atoms with Gasteiger partial charge in [-0.05, 0) is 52.1 Å². The fourth-order valence-corrected chi connectivity index (χ4v) is 3.39. The van der Waals surface area contributed by atoms with Crippen molar-refractivity contribution in [1.82, 2.24) is 0 Å². The zero-order valence-electron chi connectivity index (χ0n) is 19.3. The van der Waals surface area contributed by atoms with Crippen LogP contribution in [0.3, 0.4) is 0 Å². The Morgan fingerprint density at radius 3 is 2.07 bits per heavy atom. The fraction of sp³-hybridized carbons (Fsp3) is 0.538. The Hall–Kier alpha value is -2.00. The third-order valence-electron chi connectivity index (χ3n) is 6.26. The first-order valence-electron chi connectivity index (χ1n) is 10.7. The second kappa shape index (κ2) is 9.67. The molecule has 0 radical (unpaired) electrons. The van der Waals surface area contributed by atoms with Gasteiger partial charge in [0, 0.05) is 19.1 Å². The van der Waals surface area contributed by atoms with E-state index in [1.165, 1.54) is 11.1 Å². The molecule has 0 aliphatic rings. The Morgan fingerprint density at radius 1 is 0.897 bits per heavy atom. The van der Waals surface area contributed by atoms with Crippen molar-refractivity contribution in [2.75, 3.05) is 13.7 Å². The summed E-state index contributed by atoms with van der Waals surface area (Å²) in [5.74, 6) is 1.26. The van der Waals surface area contributed by atoms with Gasteiger partial charge in [0.1, 0.15) is 11.5 Å². The molecule has 29 heavy (non-hydrogen) atoms. The van der Waals surface area contributed by atoms with Gasteiger partial charge in [-0.2, -0.15) is 0 Å². The minimum Gasteiger partial charge on any atom is -0.507 e. The molecule has 0 spiro atoms. The maximum atomic E-state index is 10.4. The Kier molecular flexibility index (Phi) is 7.76.